The molecule has 0 amide bonds. The van der Waals surface area contributed by atoms with Crippen LogP contribution in [0.1, 0.15) is 20.8 Å². The fourth-order valence-electron chi connectivity index (χ4n) is 17.4. The van der Waals surface area contributed by atoms with E-state index in [1.807, 2.05) is 0 Å². The summed E-state index contributed by atoms with van der Waals surface area (Å²) in [6.45, 7) is 4.18. The zero-order valence-electron chi connectivity index (χ0n) is 10.7. The van der Waals surface area contributed by atoms with Crippen molar-refractivity contribution in [3.63, 3.8) is 0 Å². The Morgan fingerprint density at radius 3 is 1.59 bits per heavy atom. The molecule has 0 aromatic heterocycles. The van der Waals surface area contributed by atoms with Gasteiger partial charge in [0, 0.05) is 0 Å². The van der Waals surface area contributed by atoms with Gasteiger partial charge in [0.05, 0.1) is 0 Å². The first-order chi connectivity index (χ1) is 7.75. The standard InChI is InChI=1S/C9H15OSi.C5H5.Fe/c1-9(2,3)10-11-8-6-4-5-7-8;1-2-4-5-3-1;/h4-7H,11H2,1-3H3;1-5H;. The Kier molecular flexibility index (Phi) is 0.223. The molecule has 10 aliphatic rings. The first kappa shape index (κ1) is 6.92. The predicted molar refractivity (Wildman–Crippen MR) is 65.8 cm³/mol. The van der Waals surface area contributed by atoms with Crippen molar-refractivity contribution < 1.29 is 10.9 Å². The molecule has 17 heavy (non-hydrogen) atoms. The van der Waals surface area contributed by atoms with Crippen LogP contribution in [0.3, 0.4) is 0 Å². The fraction of sp³-hybridized carbons (Fsp3) is 1.00. The van der Waals surface area contributed by atoms with Crippen LogP contribution in [0.2, 0.25) is 47.3 Å². The second-order valence-corrected chi connectivity index (χ2v) is 38.3. The zero-order valence-corrected chi connectivity index (χ0v) is 13.2. The summed E-state index contributed by atoms with van der Waals surface area (Å²) in [5.41, 5.74) is 0.174. The molecule has 10 heterocycles. The molecule has 0 aromatic rings. The van der Waals surface area contributed by atoms with Crippen molar-refractivity contribution in [1.82, 2.24) is 0 Å². The summed E-state index contributed by atoms with van der Waals surface area (Å²) in [6.07, 6.45) is 0. The van der Waals surface area contributed by atoms with Crippen LogP contribution in [-0.2, 0) is 10.9 Å². The topological polar surface area (TPSA) is 9.23 Å². The molecule has 3 heteroatoms. The van der Waals surface area contributed by atoms with Gasteiger partial charge in [-0.05, 0) is 0 Å². The van der Waals surface area contributed by atoms with Gasteiger partial charge < -0.3 is 0 Å². The van der Waals surface area contributed by atoms with Gasteiger partial charge in [0.2, 0.25) is 0 Å². The molecule has 4 atom stereocenters. The Bertz CT molecular complexity index is 876. The van der Waals surface area contributed by atoms with Gasteiger partial charge >= 0.3 is 94.4 Å². The Morgan fingerprint density at radius 1 is 0.882 bits per heavy atom. The number of hydrogen-bond donors (Lipinski definition) is 0. The summed E-state index contributed by atoms with van der Waals surface area (Å²) in [4.78, 5) is 13.4. The molecule has 0 saturated carbocycles. The summed E-state index contributed by atoms with van der Waals surface area (Å²) < 4.78 is 7.65. The van der Waals surface area contributed by atoms with E-state index in [9.17, 15) is 0 Å². The Labute approximate surface area is 94.3 Å². The minimum atomic E-state index is -2.71. The predicted octanol–water partition coefficient (Wildman–Crippen LogP) is 3.60. The van der Waals surface area contributed by atoms with Crippen molar-refractivity contribution in [3.8, 4) is 0 Å². The van der Waals surface area contributed by atoms with E-state index >= 15 is 0 Å². The van der Waals surface area contributed by atoms with Crippen LogP contribution in [0.15, 0.2) is 0 Å². The monoisotopic (exact) mass is 288 g/mol. The van der Waals surface area contributed by atoms with Crippen LogP contribution in [0.4, 0.5) is 0 Å². The summed E-state index contributed by atoms with van der Waals surface area (Å²) in [5, 5.41) is 0. The van der Waals surface area contributed by atoms with Crippen LogP contribution in [-0.4, -0.2) is 15.4 Å². The Morgan fingerprint density at radius 2 is 1.35 bits per heavy atom. The van der Waals surface area contributed by atoms with E-state index in [0.717, 1.165) is 3.94 Å². The van der Waals surface area contributed by atoms with Crippen LogP contribution in [0, 0.1) is 0 Å². The van der Waals surface area contributed by atoms with Crippen LogP contribution in [0.5, 0.6) is 0 Å². The normalized spacial score (nSPS) is 121. The van der Waals surface area contributed by atoms with Crippen LogP contribution < -0.4 is 0 Å². The third kappa shape index (κ3) is 0.0740. The number of fused-ring (bicyclic) bond motifs is 10. The van der Waals surface area contributed by atoms with Gasteiger partial charge in [-0.2, -0.15) is 0 Å². The van der Waals surface area contributed by atoms with Crippen molar-refractivity contribution in [2.24, 2.45) is 0 Å². The van der Waals surface area contributed by atoms with E-state index in [1.165, 1.54) is 43.3 Å². The molecule has 0 bridgehead atoms. The van der Waals surface area contributed by atoms with Crippen molar-refractivity contribution in [2.45, 2.75) is 73.7 Å². The second kappa shape index (κ2) is 0.547. The third-order valence-corrected chi connectivity index (χ3v) is 67.4. The number of rotatable bonds is 2. The van der Waals surface area contributed by atoms with E-state index < -0.39 is 6.51 Å². The van der Waals surface area contributed by atoms with Gasteiger partial charge in [-0.1, -0.05) is 0 Å². The molecular weight excluding hydrogens is 268 g/mol. The molecule has 0 aromatic carbocycles. The van der Waals surface area contributed by atoms with Crippen molar-refractivity contribution in [2.75, 3.05) is 0 Å². The number of hydrogen-bond acceptors (Lipinski definition) is 1. The molecule has 10 saturated heterocycles. The SMILES string of the molecule is CC(C)(C)O[SiH2][C]12[CH]3[CH]4[CH]5[CH]1[Fe]45321678[CH]2[CH]1[CH]6[CH]7[CH]28. The van der Waals surface area contributed by atoms with Gasteiger partial charge in [-0.3, -0.25) is 0 Å². The Balaban J connectivity index is 1.42. The Hall–Kier alpha value is 0.696. The van der Waals surface area contributed by atoms with E-state index in [2.05, 4.69) is 20.8 Å². The van der Waals surface area contributed by atoms with E-state index in [0.29, 0.717) is 0 Å². The zero-order chi connectivity index (χ0) is 10.9. The summed E-state index contributed by atoms with van der Waals surface area (Å²) in [7, 11) is -0.188. The summed E-state index contributed by atoms with van der Waals surface area (Å²) >= 11 is 0. The van der Waals surface area contributed by atoms with Crippen LogP contribution >= 0.6 is 0 Å². The molecule has 0 aliphatic carbocycles. The van der Waals surface area contributed by atoms with Gasteiger partial charge in [0.1, 0.15) is 0 Å². The van der Waals surface area contributed by atoms with Crippen molar-refractivity contribution in [1.29, 1.82) is 0 Å². The van der Waals surface area contributed by atoms with E-state index in [-0.39, 0.29) is 15.4 Å². The van der Waals surface area contributed by atoms with Crippen molar-refractivity contribution in [3.05, 3.63) is 0 Å². The third-order valence-electron chi connectivity index (χ3n) is 15.7. The molecule has 94 valence electrons. The van der Waals surface area contributed by atoms with Crippen molar-refractivity contribution >= 4 is 9.76 Å². The molecule has 10 aliphatic heterocycles. The molecular formula is C14H20FeOSi. The molecule has 0 radical (unpaired) electrons. The van der Waals surface area contributed by atoms with Gasteiger partial charge in [-0.25, -0.2) is 0 Å². The van der Waals surface area contributed by atoms with E-state index in [4.69, 9.17) is 4.43 Å². The average molecular weight is 288 g/mol. The molecule has 10 rings (SSSR count). The van der Waals surface area contributed by atoms with Gasteiger partial charge in [0.25, 0.3) is 0 Å². The molecule has 10 fully saturated rings. The molecule has 0 N–H and O–H groups in total. The average Bonchev–Trinajstić information content (AvgIpc) is 3.19. The molecule has 1 nitrogen and oxygen atoms in total. The quantitative estimate of drug-likeness (QED) is 0.705. The van der Waals surface area contributed by atoms with E-state index in [1.54, 1.807) is 0 Å². The maximum absolute atomic E-state index is 6.53. The summed E-state index contributed by atoms with van der Waals surface area (Å²) in [6, 6.07) is 0. The van der Waals surface area contributed by atoms with Gasteiger partial charge in [0.15, 0.2) is 0 Å². The second-order valence-electron chi connectivity index (χ2n) is 12.2. The first-order valence-corrected chi connectivity index (χ1v) is 15.2. The fourth-order valence-corrected chi connectivity index (χ4v) is 108. The van der Waals surface area contributed by atoms with Crippen LogP contribution in [0.25, 0.3) is 0 Å². The minimum absolute atomic E-state index is 0.174. The molecule has 1 spiro atoms. The van der Waals surface area contributed by atoms with Gasteiger partial charge in [-0.15, -0.1) is 0 Å². The molecule has 4 unspecified atom stereocenters. The summed E-state index contributed by atoms with van der Waals surface area (Å²) in [5.74, 6) is 0. The maximum atomic E-state index is 6.53. The first-order valence-electron chi connectivity index (χ1n) is 7.60.